The van der Waals surface area contributed by atoms with Crippen LogP contribution in [0.1, 0.15) is 17.0 Å². The van der Waals surface area contributed by atoms with Gasteiger partial charge in [0, 0.05) is 12.1 Å². The maximum absolute atomic E-state index is 5.54. The quantitative estimate of drug-likeness (QED) is 0.306. The molecule has 6 rings (SSSR count). The molecule has 6 aromatic rings. The number of rotatable bonds is 6. The third-order valence-electron chi connectivity index (χ3n) is 5.88. The monoisotopic (exact) mass is 494 g/mol. The first kappa shape index (κ1) is 22.1. The van der Waals surface area contributed by atoms with Crippen LogP contribution in [0.3, 0.4) is 0 Å². The van der Waals surface area contributed by atoms with E-state index in [9.17, 15) is 0 Å². The molecule has 0 bridgehead atoms. The molecule has 0 atom stereocenters. The zero-order valence-corrected chi connectivity index (χ0v) is 20.8. The van der Waals surface area contributed by atoms with E-state index in [2.05, 4.69) is 22.1 Å². The molecule has 8 nitrogen and oxygen atoms in total. The van der Waals surface area contributed by atoms with E-state index < -0.39 is 0 Å². The van der Waals surface area contributed by atoms with Gasteiger partial charge in [-0.1, -0.05) is 24.3 Å². The number of thiophene rings is 1. The highest BCUT2D eigenvalue weighted by Crippen LogP contribution is 2.32. The molecule has 36 heavy (non-hydrogen) atoms. The van der Waals surface area contributed by atoms with Crippen LogP contribution in [0, 0.1) is 6.92 Å². The highest BCUT2D eigenvalue weighted by molar-refractivity contribution is 7.13. The first-order valence-electron chi connectivity index (χ1n) is 11.4. The van der Waals surface area contributed by atoms with Crippen molar-refractivity contribution in [2.75, 3.05) is 14.2 Å². The van der Waals surface area contributed by atoms with Gasteiger partial charge in [0.1, 0.15) is 5.69 Å². The molecule has 0 amide bonds. The van der Waals surface area contributed by atoms with Gasteiger partial charge in [0.2, 0.25) is 11.7 Å². The summed E-state index contributed by atoms with van der Waals surface area (Å²) in [5.41, 5.74) is 6.85. The van der Waals surface area contributed by atoms with E-state index in [1.54, 1.807) is 30.2 Å². The Bertz CT molecular complexity index is 1710. The Morgan fingerprint density at radius 1 is 0.778 bits per heavy atom. The maximum atomic E-state index is 5.54. The Morgan fingerprint density at radius 3 is 2.28 bits per heavy atom. The lowest BCUT2D eigenvalue weighted by atomic mass is 10.1. The average molecular weight is 495 g/mol. The third-order valence-corrected chi connectivity index (χ3v) is 6.76. The van der Waals surface area contributed by atoms with Crippen LogP contribution in [0.2, 0.25) is 0 Å². The predicted molar refractivity (Wildman–Crippen MR) is 140 cm³/mol. The normalized spacial score (nSPS) is 11.3. The number of benzene rings is 2. The largest absolute Gasteiger partial charge is 0.479 e. The molecule has 9 heteroatoms. The van der Waals surface area contributed by atoms with Crippen molar-refractivity contribution in [3.05, 3.63) is 83.0 Å². The van der Waals surface area contributed by atoms with Gasteiger partial charge in [-0.15, -0.1) is 11.3 Å². The highest BCUT2D eigenvalue weighted by atomic mass is 32.1. The Balaban J connectivity index is 1.36. The van der Waals surface area contributed by atoms with Crippen LogP contribution in [-0.2, 0) is 6.42 Å². The third kappa shape index (κ3) is 3.93. The fraction of sp³-hybridized carbons (Fsp3) is 0.148. The Labute approximate surface area is 211 Å². The highest BCUT2D eigenvalue weighted by Gasteiger charge is 2.17. The molecule has 178 valence electrons. The van der Waals surface area contributed by atoms with Crippen LogP contribution in [0.4, 0.5) is 0 Å². The van der Waals surface area contributed by atoms with Gasteiger partial charge in [-0.25, -0.2) is 24.6 Å². The van der Waals surface area contributed by atoms with Crippen molar-refractivity contribution in [3.8, 4) is 28.1 Å². The first-order chi connectivity index (χ1) is 17.6. The van der Waals surface area contributed by atoms with Crippen LogP contribution in [0.25, 0.3) is 38.5 Å². The van der Waals surface area contributed by atoms with Gasteiger partial charge in [-0.3, -0.25) is 0 Å². The fourth-order valence-corrected chi connectivity index (χ4v) is 4.91. The second-order valence-electron chi connectivity index (χ2n) is 8.29. The smallest absolute Gasteiger partial charge is 0.260 e. The number of aromatic nitrogens is 6. The fourth-order valence-electron chi connectivity index (χ4n) is 4.21. The Hall–Kier alpha value is -4.37. The Kier molecular flexibility index (Phi) is 5.54. The van der Waals surface area contributed by atoms with Crippen molar-refractivity contribution >= 4 is 33.4 Å². The summed E-state index contributed by atoms with van der Waals surface area (Å²) in [5.74, 6) is 1.53. The minimum Gasteiger partial charge on any atom is -0.479 e. The van der Waals surface area contributed by atoms with Gasteiger partial charge in [-0.05, 0) is 54.3 Å². The number of methoxy groups -OCH3 is 2. The van der Waals surface area contributed by atoms with Crippen molar-refractivity contribution in [1.29, 1.82) is 0 Å². The van der Waals surface area contributed by atoms with Crippen molar-refractivity contribution in [1.82, 2.24) is 29.7 Å². The van der Waals surface area contributed by atoms with E-state index in [-0.39, 0.29) is 0 Å². The molecule has 0 fully saturated rings. The maximum Gasteiger partial charge on any atom is 0.260 e. The molecule has 4 aromatic heterocycles. The molecule has 0 unspecified atom stereocenters. The number of nitrogens with zero attached hydrogens (tertiary/aromatic N) is 6. The van der Waals surface area contributed by atoms with Crippen LogP contribution >= 0.6 is 11.3 Å². The summed E-state index contributed by atoms with van der Waals surface area (Å²) in [6.07, 6.45) is 0.634. The summed E-state index contributed by atoms with van der Waals surface area (Å²) >= 11 is 1.61. The van der Waals surface area contributed by atoms with Crippen LogP contribution < -0.4 is 9.47 Å². The van der Waals surface area contributed by atoms with Gasteiger partial charge >= 0.3 is 0 Å². The molecular formula is C27H22N6O2S. The Morgan fingerprint density at radius 2 is 1.53 bits per heavy atom. The average Bonchev–Trinajstić information content (AvgIpc) is 3.57. The number of para-hydroxylation sites is 2. The molecule has 0 saturated carbocycles. The molecule has 0 radical (unpaired) electrons. The lowest BCUT2D eigenvalue weighted by Gasteiger charge is -2.09. The van der Waals surface area contributed by atoms with E-state index in [0.29, 0.717) is 24.0 Å². The van der Waals surface area contributed by atoms with E-state index in [4.69, 9.17) is 24.5 Å². The summed E-state index contributed by atoms with van der Waals surface area (Å²) in [6, 6.07) is 19.9. The van der Waals surface area contributed by atoms with E-state index >= 15 is 0 Å². The van der Waals surface area contributed by atoms with Gasteiger partial charge in [0.05, 0.1) is 46.9 Å². The van der Waals surface area contributed by atoms with Gasteiger partial charge in [0.15, 0.2) is 0 Å². The lowest BCUT2D eigenvalue weighted by molar-refractivity contribution is 0.394. The van der Waals surface area contributed by atoms with Crippen LogP contribution in [0.15, 0.2) is 66.0 Å². The van der Waals surface area contributed by atoms with Crippen LogP contribution in [0.5, 0.6) is 11.8 Å². The molecule has 0 saturated heterocycles. The van der Waals surface area contributed by atoms with Crippen molar-refractivity contribution < 1.29 is 9.47 Å². The van der Waals surface area contributed by atoms with Crippen molar-refractivity contribution in [2.24, 2.45) is 0 Å². The molecule has 0 aliphatic rings. The first-order valence-corrected chi connectivity index (χ1v) is 12.3. The summed E-state index contributed by atoms with van der Waals surface area (Å²) in [6.45, 7) is 2.00. The zero-order valence-electron chi connectivity index (χ0n) is 20.0. The minimum atomic E-state index is 0.433. The van der Waals surface area contributed by atoms with Gasteiger partial charge in [-0.2, -0.15) is 5.10 Å². The summed E-state index contributed by atoms with van der Waals surface area (Å²) < 4.78 is 12.8. The molecule has 4 heterocycles. The van der Waals surface area contributed by atoms with Crippen molar-refractivity contribution in [3.63, 3.8) is 0 Å². The molecule has 0 aliphatic carbocycles. The lowest BCUT2D eigenvalue weighted by Crippen LogP contribution is -2.07. The molecule has 2 aromatic carbocycles. The summed E-state index contributed by atoms with van der Waals surface area (Å²) in [4.78, 5) is 20.0. The second kappa shape index (κ2) is 9.01. The molecule has 0 N–H and O–H groups in total. The zero-order chi connectivity index (χ0) is 24.6. The number of aryl methyl sites for hydroxylation is 1. The van der Waals surface area contributed by atoms with Crippen molar-refractivity contribution in [2.45, 2.75) is 13.3 Å². The molecular weight excluding hydrogens is 472 g/mol. The van der Waals surface area contributed by atoms with Gasteiger partial charge in [0.25, 0.3) is 5.88 Å². The van der Waals surface area contributed by atoms with Gasteiger partial charge < -0.3 is 9.47 Å². The summed E-state index contributed by atoms with van der Waals surface area (Å²) in [5, 5.41) is 6.85. The molecule has 0 spiro atoms. The minimum absolute atomic E-state index is 0.433. The van der Waals surface area contributed by atoms with E-state index in [1.165, 1.54) is 0 Å². The van der Waals surface area contributed by atoms with E-state index in [0.717, 1.165) is 49.6 Å². The van der Waals surface area contributed by atoms with Crippen LogP contribution in [-0.4, -0.2) is 43.9 Å². The van der Waals surface area contributed by atoms with E-state index in [1.807, 2.05) is 60.8 Å². The standard InChI is InChI=1S/C27H22N6O2S/c1-16-13-18(32-33(16)25-27(35-3)31-20-8-5-4-7-19(20)29-25)14-17-10-11-21-22(15-17)28-24(26(30-21)34-2)23-9-6-12-36-23/h4-13,15H,14H2,1-3H3. The predicted octanol–water partition coefficient (Wildman–Crippen LogP) is 5.40. The molecule has 0 aliphatic heterocycles. The SMILES string of the molecule is COc1nc2ccc(Cc3cc(C)n(-c4nc5ccccc5nc4OC)n3)cc2nc1-c1cccs1. The number of ether oxygens (including phenoxy) is 2. The number of hydrogen-bond acceptors (Lipinski definition) is 8. The summed E-state index contributed by atoms with van der Waals surface area (Å²) in [7, 11) is 3.21. The topological polar surface area (TPSA) is 87.8 Å². The number of hydrogen-bond donors (Lipinski definition) is 0. The second-order valence-corrected chi connectivity index (χ2v) is 9.24. The number of fused-ring (bicyclic) bond motifs is 2.